The number of hydrogen-bond donors (Lipinski definition) is 5. The van der Waals surface area contributed by atoms with E-state index in [0.29, 0.717) is 23.5 Å². The molecule has 220 valence electrons. The Hall–Kier alpha value is -4.09. The number of carbonyl (C=O) groups is 1. The number of sulfonamides is 1. The van der Waals surface area contributed by atoms with Crippen molar-refractivity contribution in [1.82, 2.24) is 20.3 Å². The molecule has 4 rings (SSSR count). The summed E-state index contributed by atoms with van der Waals surface area (Å²) in [5.74, 6) is 0.252. The van der Waals surface area contributed by atoms with Crippen LogP contribution in [-0.4, -0.2) is 37.0 Å². The number of carbonyl (C=O) groups excluding carboxylic acids is 1. The zero-order valence-corrected chi connectivity index (χ0v) is 24.3. The quantitative estimate of drug-likeness (QED) is 0.152. The number of nitrogens with one attached hydrogen (secondary N) is 3. The minimum Gasteiger partial charge on any atom is -0.387 e. The second-order valence-corrected chi connectivity index (χ2v) is 12.0. The topological polar surface area (TPSA) is 146 Å². The first-order valence-corrected chi connectivity index (χ1v) is 15.3. The lowest BCUT2D eigenvalue weighted by atomic mass is 10.0. The summed E-state index contributed by atoms with van der Waals surface area (Å²) in [6.45, 7) is 2.83. The van der Waals surface area contributed by atoms with Crippen LogP contribution in [0.15, 0.2) is 102 Å². The number of rotatable bonds is 14. The van der Waals surface area contributed by atoms with E-state index in [-0.39, 0.29) is 36.4 Å². The first kappa shape index (κ1) is 30.9. The van der Waals surface area contributed by atoms with E-state index in [2.05, 4.69) is 20.3 Å². The zero-order chi connectivity index (χ0) is 30.0. The van der Waals surface area contributed by atoms with Gasteiger partial charge in [-0.3, -0.25) is 4.79 Å². The molecular weight excluding hydrogens is 550 g/mol. The lowest BCUT2D eigenvalue weighted by Crippen LogP contribution is -2.32. The SMILES string of the molecule is C[C@H](Cc1cccc(CC(=O)NCc2cccc(S(=O)(=O)NCc3ccccc3)c2)c1)NC[C@H](O)c1ccc(N)nc1. The molecule has 42 heavy (non-hydrogen) atoms. The van der Waals surface area contributed by atoms with Gasteiger partial charge in [0.1, 0.15) is 5.82 Å². The number of aliphatic hydroxyl groups is 1. The fourth-order valence-electron chi connectivity index (χ4n) is 4.47. The summed E-state index contributed by atoms with van der Waals surface area (Å²) >= 11 is 0. The molecule has 0 aliphatic heterocycles. The van der Waals surface area contributed by atoms with Crippen molar-refractivity contribution in [2.24, 2.45) is 0 Å². The molecule has 0 unspecified atom stereocenters. The Morgan fingerprint density at radius 3 is 2.36 bits per heavy atom. The van der Waals surface area contributed by atoms with Crippen LogP contribution >= 0.6 is 0 Å². The predicted molar refractivity (Wildman–Crippen MR) is 164 cm³/mol. The second-order valence-electron chi connectivity index (χ2n) is 10.3. The molecule has 0 aliphatic rings. The number of nitrogens with two attached hydrogens (primary N) is 1. The lowest BCUT2D eigenvalue weighted by Gasteiger charge is -2.18. The number of amides is 1. The predicted octanol–water partition coefficient (Wildman–Crippen LogP) is 3.26. The van der Waals surface area contributed by atoms with Gasteiger partial charge in [0, 0.05) is 37.4 Å². The average molecular weight is 588 g/mol. The van der Waals surface area contributed by atoms with Crippen LogP contribution in [0.2, 0.25) is 0 Å². The van der Waals surface area contributed by atoms with E-state index >= 15 is 0 Å². The smallest absolute Gasteiger partial charge is 0.240 e. The maximum atomic E-state index is 12.8. The van der Waals surface area contributed by atoms with Crippen molar-refractivity contribution in [1.29, 1.82) is 0 Å². The third-order valence-corrected chi connectivity index (χ3v) is 8.16. The summed E-state index contributed by atoms with van der Waals surface area (Å²) in [7, 11) is -3.70. The fourth-order valence-corrected chi connectivity index (χ4v) is 5.55. The molecule has 0 fully saturated rings. The fraction of sp³-hybridized carbons (Fsp3) is 0.250. The van der Waals surface area contributed by atoms with Gasteiger partial charge in [0.25, 0.3) is 0 Å². The van der Waals surface area contributed by atoms with Crippen molar-refractivity contribution in [2.45, 2.75) is 49.9 Å². The number of aliphatic hydroxyl groups excluding tert-OH is 1. The van der Waals surface area contributed by atoms with Gasteiger partial charge in [-0.1, -0.05) is 72.8 Å². The van der Waals surface area contributed by atoms with Gasteiger partial charge in [-0.15, -0.1) is 0 Å². The van der Waals surface area contributed by atoms with Crippen LogP contribution in [0.4, 0.5) is 5.82 Å². The molecule has 0 bridgehead atoms. The Balaban J connectivity index is 1.25. The summed E-state index contributed by atoms with van der Waals surface area (Å²) in [5.41, 5.74) is 9.82. The first-order valence-electron chi connectivity index (χ1n) is 13.8. The maximum absolute atomic E-state index is 12.8. The van der Waals surface area contributed by atoms with Crippen molar-refractivity contribution < 1.29 is 18.3 Å². The summed E-state index contributed by atoms with van der Waals surface area (Å²) in [4.78, 5) is 16.9. The molecule has 0 saturated carbocycles. The van der Waals surface area contributed by atoms with Gasteiger partial charge in [0.2, 0.25) is 15.9 Å². The molecule has 1 amide bonds. The molecule has 0 aliphatic carbocycles. The Kier molecular flexibility index (Phi) is 10.8. The van der Waals surface area contributed by atoms with Gasteiger partial charge in [0.15, 0.2) is 0 Å². The molecule has 3 aromatic carbocycles. The Labute approximate surface area is 247 Å². The molecule has 1 heterocycles. The van der Waals surface area contributed by atoms with Crippen LogP contribution in [0.1, 0.15) is 40.8 Å². The molecule has 1 aromatic heterocycles. The largest absolute Gasteiger partial charge is 0.387 e. The van der Waals surface area contributed by atoms with E-state index in [1.165, 1.54) is 6.07 Å². The first-order chi connectivity index (χ1) is 20.2. The van der Waals surface area contributed by atoms with E-state index in [4.69, 9.17) is 5.73 Å². The second kappa shape index (κ2) is 14.7. The number of benzene rings is 3. The van der Waals surface area contributed by atoms with Gasteiger partial charge < -0.3 is 21.5 Å². The van der Waals surface area contributed by atoms with Gasteiger partial charge in [0.05, 0.1) is 17.4 Å². The van der Waals surface area contributed by atoms with Crippen LogP contribution in [0, 0.1) is 0 Å². The van der Waals surface area contributed by atoms with Gasteiger partial charge in [-0.25, -0.2) is 18.1 Å². The minimum absolute atomic E-state index is 0.0937. The average Bonchev–Trinajstić information content (AvgIpc) is 2.99. The van der Waals surface area contributed by atoms with E-state index in [1.807, 2.05) is 61.5 Å². The van der Waals surface area contributed by atoms with E-state index in [1.54, 1.807) is 36.5 Å². The third kappa shape index (κ3) is 9.49. The van der Waals surface area contributed by atoms with Crippen LogP contribution in [0.25, 0.3) is 0 Å². The van der Waals surface area contributed by atoms with E-state index < -0.39 is 16.1 Å². The van der Waals surface area contributed by atoms with Gasteiger partial charge in [-0.05, 0) is 53.8 Å². The standard InChI is InChI=1S/C32H37N5O4S/c1-23(34-22-30(38)28-13-14-31(33)35-21-28)15-25-9-5-10-26(16-25)18-32(39)36-19-27-11-6-12-29(17-27)42(40,41)37-20-24-7-3-2-4-8-24/h2-14,16-17,21,23,30,34,37-38H,15,18-20,22H2,1H3,(H2,33,35)(H,36,39)/t23-,30+/m1/s1. The van der Waals surface area contributed by atoms with Gasteiger partial charge in [-0.2, -0.15) is 0 Å². The zero-order valence-electron chi connectivity index (χ0n) is 23.5. The molecule has 0 spiro atoms. The third-order valence-electron chi connectivity index (χ3n) is 6.76. The molecule has 10 heteroatoms. The van der Waals surface area contributed by atoms with E-state index in [9.17, 15) is 18.3 Å². The molecule has 0 saturated heterocycles. The summed E-state index contributed by atoms with van der Waals surface area (Å²) in [6.07, 6.45) is 1.81. The molecular formula is C32H37N5O4S. The maximum Gasteiger partial charge on any atom is 0.240 e. The van der Waals surface area contributed by atoms with Crippen molar-refractivity contribution in [3.8, 4) is 0 Å². The highest BCUT2D eigenvalue weighted by Gasteiger charge is 2.15. The number of pyridine rings is 1. The van der Waals surface area contributed by atoms with Crippen molar-refractivity contribution in [2.75, 3.05) is 12.3 Å². The highest BCUT2D eigenvalue weighted by molar-refractivity contribution is 7.89. The molecule has 4 aromatic rings. The lowest BCUT2D eigenvalue weighted by molar-refractivity contribution is -0.120. The molecule has 9 nitrogen and oxygen atoms in total. The van der Waals surface area contributed by atoms with Crippen LogP contribution in [0.5, 0.6) is 0 Å². The monoisotopic (exact) mass is 587 g/mol. The number of anilines is 1. The normalized spacial score (nSPS) is 12.9. The molecule has 0 radical (unpaired) electrons. The van der Waals surface area contributed by atoms with Crippen LogP contribution in [0.3, 0.4) is 0 Å². The Bertz CT molecular complexity index is 1560. The highest BCUT2D eigenvalue weighted by atomic mass is 32.2. The van der Waals surface area contributed by atoms with Crippen molar-refractivity contribution in [3.05, 3.63) is 125 Å². The van der Waals surface area contributed by atoms with Crippen molar-refractivity contribution >= 4 is 21.7 Å². The number of aromatic nitrogens is 1. The highest BCUT2D eigenvalue weighted by Crippen LogP contribution is 2.15. The van der Waals surface area contributed by atoms with Crippen molar-refractivity contribution in [3.63, 3.8) is 0 Å². The van der Waals surface area contributed by atoms with E-state index in [0.717, 1.165) is 23.1 Å². The summed E-state index contributed by atoms with van der Waals surface area (Å²) in [5, 5.41) is 16.6. The summed E-state index contributed by atoms with van der Waals surface area (Å²) < 4.78 is 28.2. The Morgan fingerprint density at radius 2 is 1.60 bits per heavy atom. The number of nitrogen functional groups attached to an aromatic ring is 1. The number of hydrogen-bond acceptors (Lipinski definition) is 7. The number of nitrogens with zero attached hydrogens (tertiary/aromatic N) is 1. The Morgan fingerprint density at radius 1 is 0.881 bits per heavy atom. The van der Waals surface area contributed by atoms with Crippen LogP contribution < -0.4 is 21.1 Å². The van der Waals surface area contributed by atoms with Crippen LogP contribution in [-0.2, 0) is 40.7 Å². The minimum atomic E-state index is -3.70. The molecule has 6 N–H and O–H groups in total. The molecule has 2 atom stereocenters. The summed E-state index contributed by atoms with van der Waals surface area (Å²) in [6, 6.07) is 27.2. The van der Waals surface area contributed by atoms with Gasteiger partial charge >= 0.3 is 0 Å².